The minimum atomic E-state index is 0.734. The number of pyridine rings is 1. The van der Waals surface area contributed by atoms with Gasteiger partial charge in [0, 0.05) is 11.4 Å². The Bertz CT molecular complexity index is 2900. The monoisotopic (exact) mass is 747 g/mol. The lowest BCUT2D eigenvalue weighted by atomic mass is 9.85. The smallest absolute Gasteiger partial charge is 0.0711 e. The lowest BCUT2D eigenvalue weighted by molar-refractivity contribution is 1.17. The molecule has 9 rings (SSSR count). The molecule has 0 aliphatic rings. The molecule has 0 saturated heterocycles. The number of nitrogens with two attached hydrogens (primary N) is 1. The third-order valence-corrected chi connectivity index (χ3v) is 10.4. The fourth-order valence-electron chi connectivity index (χ4n) is 7.73. The van der Waals surface area contributed by atoms with Crippen LogP contribution in [0.4, 0.5) is 17.1 Å². The first-order valence-corrected chi connectivity index (χ1v) is 19.6. The molecule has 58 heavy (non-hydrogen) atoms. The zero-order valence-corrected chi connectivity index (χ0v) is 32.9. The van der Waals surface area contributed by atoms with E-state index in [2.05, 4.69) is 175 Å². The quantitative estimate of drug-likeness (QED) is 0.0924. The zero-order valence-electron chi connectivity index (χ0n) is 32.9. The van der Waals surface area contributed by atoms with Crippen LogP contribution in [0.1, 0.15) is 18.3 Å². The van der Waals surface area contributed by atoms with Crippen LogP contribution in [0.15, 0.2) is 213 Å². The summed E-state index contributed by atoms with van der Waals surface area (Å²) in [5, 5.41) is 11.0. The molecule has 3 N–H and O–H groups in total. The number of rotatable bonds is 8. The van der Waals surface area contributed by atoms with Crippen molar-refractivity contribution in [2.75, 3.05) is 11.1 Å². The van der Waals surface area contributed by atoms with Crippen LogP contribution < -0.4 is 11.1 Å². The number of aromatic nitrogens is 1. The van der Waals surface area contributed by atoms with Crippen LogP contribution in [0.25, 0.3) is 71.3 Å². The van der Waals surface area contributed by atoms with E-state index in [0.29, 0.717) is 0 Å². The average molecular weight is 748 g/mol. The van der Waals surface area contributed by atoms with Crippen LogP contribution in [0.5, 0.6) is 0 Å². The zero-order chi connectivity index (χ0) is 39.8. The molecular weight excluding hydrogens is 703 g/mol. The van der Waals surface area contributed by atoms with Gasteiger partial charge in [0.15, 0.2) is 0 Å². The number of anilines is 3. The summed E-state index contributed by atoms with van der Waals surface area (Å²) in [6.07, 6.45) is 7.85. The number of aryl methyl sites for hydroxylation is 1. The maximum Gasteiger partial charge on any atom is 0.0711 e. The standard InChI is InChI=1S/C36H26N2.C19H19N/c37-33-15-7-8-16-34(33)38-28-21-19-25(20-22-28)35-29-11-3-5-13-31(29)36(32-14-6-4-12-30(32)35)27-18-17-24-9-1-2-10-26(24)23-27;1-4-9-17(10-5-2)19-14-18(13-15(3)20-19)16-11-7-6-8-12-16/h1-23,38H,37H2;4-14H,1H2,2-3H3/b;10-5-,17-9+. The first-order valence-electron chi connectivity index (χ1n) is 19.6. The Morgan fingerprint density at radius 2 is 1.12 bits per heavy atom. The summed E-state index contributed by atoms with van der Waals surface area (Å²) >= 11 is 0. The highest BCUT2D eigenvalue weighted by Crippen LogP contribution is 2.44. The van der Waals surface area contributed by atoms with Gasteiger partial charge in [0.1, 0.15) is 0 Å². The lowest BCUT2D eigenvalue weighted by Gasteiger charge is -2.18. The molecule has 1 heterocycles. The number of hydrogen-bond acceptors (Lipinski definition) is 3. The van der Waals surface area contributed by atoms with Gasteiger partial charge in [-0.05, 0) is 128 Å². The summed E-state index contributed by atoms with van der Waals surface area (Å²) in [4.78, 5) is 4.63. The molecule has 8 aromatic carbocycles. The molecule has 0 spiro atoms. The minimum absolute atomic E-state index is 0.734. The van der Waals surface area contributed by atoms with Crippen LogP contribution >= 0.6 is 0 Å². The van der Waals surface area contributed by atoms with Crippen LogP contribution in [0, 0.1) is 6.92 Å². The maximum atomic E-state index is 6.14. The van der Waals surface area contributed by atoms with Crippen molar-refractivity contribution in [3.05, 3.63) is 224 Å². The highest BCUT2D eigenvalue weighted by molar-refractivity contribution is 6.21. The molecular formula is C55H45N3. The molecule has 0 radical (unpaired) electrons. The van der Waals surface area contributed by atoms with E-state index in [-0.39, 0.29) is 0 Å². The second-order valence-electron chi connectivity index (χ2n) is 14.3. The molecule has 3 heteroatoms. The molecule has 0 unspecified atom stereocenters. The van der Waals surface area contributed by atoms with Crippen molar-refractivity contribution in [3.8, 4) is 33.4 Å². The first kappa shape index (κ1) is 37.4. The minimum Gasteiger partial charge on any atom is -0.397 e. The van der Waals surface area contributed by atoms with Crippen molar-refractivity contribution in [2.24, 2.45) is 0 Å². The van der Waals surface area contributed by atoms with Crippen LogP contribution in [0.3, 0.4) is 0 Å². The molecule has 280 valence electrons. The fourth-order valence-corrected chi connectivity index (χ4v) is 7.73. The summed E-state index contributed by atoms with van der Waals surface area (Å²) in [6.45, 7) is 7.80. The summed E-state index contributed by atoms with van der Waals surface area (Å²) in [6, 6.07) is 64.0. The van der Waals surface area contributed by atoms with Gasteiger partial charge in [-0.2, -0.15) is 0 Å². The Morgan fingerprint density at radius 1 is 0.552 bits per heavy atom. The number of allylic oxidation sites excluding steroid dienone is 5. The molecule has 3 nitrogen and oxygen atoms in total. The second-order valence-corrected chi connectivity index (χ2v) is 14.3. The first-order chi connectivity index (χ1) is 28.5. The summed E-state index contributed by atoms with van der Waals surface area (Å²) in [7, 11) is 0. The van der Waals surface area contributed by atoms with E-state index in [1.54, 1.807) is 6.08 Å². The second kappa shape index (κ2) is 17.1. The molecule has 0 fully saturated rings. The van der Waals surface area contributed by atoms with Gasteiger partial charge in [-0.15, -0.1) is 0 Å². The van der Waals surface area contributed by atoms with Gasteiger partial charge in [0.2, 0.25) is 0 Å². The highest BCUT2D eigenvalue weighted by atomic mass is 14.9. The van der Waals surface area contributed by atoms with Crippen LogP contribution in [-0.2, 0) is 0 Å². The topological polar surface area (TPSA) is 50.9 Å². The Morgan fingerprint density at radius 3 is 1.76 bits per heavy atom. The van der Waals surface area contributed by atoms with E-state index >= 15 is 0 Å². The number of nitrogen functional groups attached to an aromatic ring is 1. The Kier molecular flexibility index (Phi) is 11.0. The molecule has 0 aliphatic heterocycles. The predicted molar refractivity (Wildman–Crippen MR) is 251 cm³/mol. The molecule has 9 aromatic rings. The number of nitrogens with one attached hydrogen (secondary N) is 1. The van der Waals surface area contributed by atoms with E-state index in [4.69, 9.17) is 5.73 Å². The largest absolute Gasteiger partial charge is 0.397 e. The number of hydrogen-bond donors (Lipinski definition) is 2. The third-order valence-electron chi connectivity index (χ3n) is 10.4. The van der Waals surface area contributed by atoms with Gasteiger partial charge in [-0.3, -0.25) is 4.98 Å². The molecule has 0 saturated carbocycles. The fraction of sp³-hybridized carbons (Fsp3) is 0.0364. The van der Waals surface area contributed by atoms with E-state index in [9.17, 15) is 0 Å². The third kappa shape index (κ3) is 7.93. The Balaban J connectivity index is 0.000000199. The van der Waals surface area contributed by atoms with Gasteiger partial charge in [0.25, 0.3) is 0 Å². The van der Waals surface area contributed by atoms with Crippen LogP contribution in [-0.4, -0.2) is 4.98 Å². The number of nitrogens with zero attached hydrogens (tertiary/aromatic N) is 1. The number of para-hydroxylation sites is 2. The molecule has 0 aliphatic carbocycles. The number of benzene rings is 8. The maximum absolute atomic E-state index is 6.14. The normalized spacial score (nSPS) is 11.4. The van der Waals surface area contributed by atoms with Gasteiger partial charge < -0.3 is 11.1 Å². The van der Waals surface area contributed by atoms with Gasteiger partial charge in [0.05, 0.1) is 17.1 Å². The van der Waals surface area contributed by atoms with Gasteiger partial charge >= 0.3 is 0 Å². The van der Waals surface area contributed by atoms with Crippen molar-refractivity contribution in [2.45, 2.75) is 13.8 Å². The van der Waals surface area contributed by atoms with Crippen molar-refractivity contribution in [1.82, 2.24) is 4.98 Å². The number of fused-ring (bicyclic) bond motifs is 3. The van der Waals surface area contributed by atoms with Gasteiger partial charge in [-0.1, -0.05) is 170 Å². The van der Waals surface area contributed by atoms with Crippen molar-refractivity contribution in [3.63, 3.8) is 0 Å². The van der Waals surface area contributed by atoms with Gasteiger partial charge in [-0.25, -0.2) is 0 Å². The molecule has 0 bridgehead atoms. The summed E-state index contributed by atoms with van der Waals surface area (Å²) in [5.41, 5.74) is 19.2. The highest BCUT2D eigenvalue weighted by Gasteiger charge is 2.17. The molecule has 1 aromatic heterocycles. The van der Waals surface area contributed by atoms with E-state index in [1.807, 2.05) is 56.3 Å². The Hall–Kier alpha value is -7.49. The molecule has 0 atom stereocenters. The van der Waals surface area contributed by atoms with E-state index in [0.717, 1.165) is 34.0 Å². The van der Waals surface area contributed by atoms with Crippen molar-refractivity contribution in [1.29, 1.82) is 0 Å². The van der Waals surface area contributed by atoms with Crippen LogP contribution in [0.2, 0.25) is 0 Å². The lowest BCUT2D eigenvalue weighted by Crippen LogP contribution is -1.95. The predicted octanol–water partition coefficient (Wildman–Crippen LogP) is 15.0. The molecule has 0 amide bonds. The Labute approximate surface area is 341 Å². The SMILES string of the molecule is C=C/C=C(\C=C/C)c1cc(-c2ccccc2)cc(C)n1.Nc1ccccc1Nc1ccc(-c2c3ccccc3c(-c3ccc4ccccc4c3)c3ccccc23)cc1. The van der Waals surface area contributed by atoms with E-state index < -0.39 is 0 Å². The van der Waals surface area contributed by atoms with Crippen molar-refractivity contribution < 1.29 is 0 Å². The summed E-state index contributed by atoms with van der Waals surface area (Å²) < 4.78 is 0. The van der Waals surface area contributed by atoms with Crippen molar-refractivity contribution >= 4 is 55.0 Å². The average Bonchev–Trinajstić information content (AvgIpc) is 3.27. The summed E-state index contributed by atoms with van der Waals surface area (Å²) in [5.74, 6) is 0. The van der Waals surface area contributed by atoms with E-state index in [1.165, 1.54) is 65.7 Å².